The molecule has 2 aliphatic rings. The van der Waals surface area contributed by atoms with E-state index in [-0.39, 0.29) is 24.0 Å². The highest BCUT2D eigenvalue weighted by Gasteiger charge is 2.37. The fourth-order valence-corrected chi connectivity index (χ4v) is 3.79. The third-order valence-electron chi connectivity index (χ3n) is 5.01. The average molecular weight is 359 g/mol. The Morgan fingerprint density at radius 1 is 1.35 bits per heavy atom. The summed E-state index contributed by atoms with van der Waals surface area (Å²) in [6.45, 7) is 9.70. The normalized spacial score (nSPS) is 28.1. The summed E-state index contributed by atoms with van der Waals surface area (Å²) in [5.74, 6) is 0.748. The molecule has 1 aromatic rings. The van der Waals surface area contributed by atoms with Crippen LogP contribution in [0, 0.1) is 5.92 Å². The van der Waals surface area contributed by atoms with Crippen LogP contribution in [0.5, 0.6) is 0 Å². The van der Waals surface area contributed by atoms with Crippen molar-refractivity contribution in [1.82, 2.24) is 10.2 Å². The second-order valence-electron chi connectivity index (χ2n) is 7.25. The maximum absolute atomic E-state index is 6.36. The maximum atomic E-state index is 6.36. The van der Waals surface area contributed by atoms with E-state index in [1.807, 2.05) is 18.2 Å². The van der Waals surface area contributed by atoms with Gasteiger partial charge in [0.2, 0.25) is 0 Å². The Bertz CT molecular complexity index is 504. The van der Waals surface area contributed by atoms with E-state index in [9.17, 15) is 0 Å². The Hall–Kier alpha value is -0.320. The molecule has 2 fully saturated rings. The van der Waals surface area contributed by atoms with Crippen LogP contribution in [0.1, 0.15) is 38.4 Å². The second-order valence-corrected chi connectivity index (χ2v) is 7.66. The van der Waals surface area contributed by atoms with E-state index in [0.717, 1.165) is 42.7 Å². The molecule has 0 aliphatic carbocycles. The first-order valence-corrected chi connectivity index (χ1v) is 8.76. The van der Waals surface area contributed by atoms with Crippen molar-refractivity contribution in [3.63, 3.8) is 0 Å². The monoisotopic (exact) mass is 358 g/mol. The molecule has 0 saturated carbocycles. The number of piperidine rings is 1. The number of benzene rings is 1. The number of halogens is 2. The largest absolute Gasteiger partial charge is 0.370 e. The summed E-state index contributed by atoms with van der Waals surface area (Å²) in [4.78, 5) is 2.60. The predicted octanol–water partition coefficient (Wildman–Crippen LogP) is 3.91. The quantitative estimate of drug-likeness (QED) is 0.886. The van der Waals surface area contributed by atoms with Crippen LogP contribution in [-0.4, -0.2) is 43.2 Å². The van der Waals surface area contributed by atoms with Gasteiger partial charge in [-0.1, -0.05) is 29.8 Å². The lowest BCUT2D eigenvalue weighted by atomic mass is 9.93. The van der Waals surface area contributed by atoms with Crippen molar-refractivity contribution >= 4 is 24.0 Å². The molecule has 1 N–H and O–H groups in total. The molecule has 0 radical (unpaired) electrons. The first-order valence-electron chi connectivity index (χ1n) is 8.38. The van der Waals surface area contributed by atoms with Crippen molar-refractivity contribution in [2.24, 2.45) is 5.92 Å². The van der Waals surface area contributed by atoms with Gasteiger partial charge in [-0.3, -0.25) is 4.90 Å². The van der Waals surface area contributed by atoms with Crippen molar-refractivity contribution < 1.29 is 4.74 Å². The summed E-state index contributed by atoms with van der Waals surface area (Å²) in [5, 5.41) is 4.34. The second kappa shape index (κ2) is 8.17. The molecular weight excluding hydrogens is 331 g/mol. The predicted molar refractivity (Wildman–Crippen MR) is 98.6 cm³/mol. The summed E-state index contributed by atoms with van der Waals surface area (Å²) >= 11 is 6.36. The molecule has 2 aliphatic heterocycles. The number of nitrogens with one attached hydrogen (secondary N) is 1. The lowest BCUT2D eigenvalue weighted by molar-refractivity contribution is -0.106. The van der Waals surface area contributed by atoms with Crippen LogP contribution in [-0.2, 0) is 4.74 Å². The Labute approximate surface area is 151 Å². The Morgan fingerprint density at radius 3 is 2.83 bits per heavy atom. The van der Waals surface area contributed by atoms with Gasteiger partial charge in [0.05, 0.1) is 12.7 Å². The molecule has 2 heterocycles. The van der Waals surface area contributed by atoms with Gasteiger partial charge in [-0.15, -0.1) is 12.4 Å². The van der Waals surface area contributed by atoms with Crippen LogP contribution in [0.15, 0.2) is 24.3 Å². The fourth-order valence-electron chi connectivity index (χ4n) is 3.53. The van der Waals surface area contributed by atoms with E-state index in [1.54, 1.807) is 0 Å². The van der Waals surface area contributed by atoms with Gasteiger partial charge in [0, 0.05) is 29.2 Å². The molecule has 1 aromatic carbocycles. The number of morpholine rings is 1. The molecule has 2 saturated heterocycles. The van der Waals surface area contributed by atoms with Crippen LogP contribution in [0.3, 0.4) is 0 Å². The number of rotatable bonds is 3. The Morgan fingerprint density at radius 2 is 2.13 bits per heavy atom. The lowest BCUT2D eigenvalue weighted by Crippen LogP contribution is -2.56. The van der Waals surface area contributed by atoms with Crippen LogP contribution in [0.2, 0.25) is 5.02 Å². The van der Waals surface area contributed by atoms with Gasteiger partial charge in [0.15, 0.2) is 0 Å². The molecular formula is C18H28Cl2N2O. The zero-order chi connectivity index (χ0) is 15.6. The van der Waals surface area contributed by atoms with Crippen molar-refractivity contribution in [2.45, 2.75) is 38.3 Å². The Kier molecular flexibility index (Phi) is 6.76. The third kappa shape index (κ3) is 4.61. The first-order chi connectivity index (χ1) is 10.6. The van der Waals surface area contributed by atoms with Crippen molar-refractivity contribution in [3.8, 4) is 0 Å². The van der Waals surface area contributed by atoms with Crippen molar-refractivity contribution in [2.75, 3.05) is 32.8 Å². The minimum atomic E-state index is 0. The van der Waals surface area contributed by atoms with Gasteiger partial charge in [-0.2, -0.15) is 0 Å². The van der Waals surface area contributed by atoms with Crippen LogP contribution >= 0.6 is 24.0 Å². The number of ether oxygens (including phenoxy) is 1. The first kappa shape index (κ1) is 19.0. The Balaban J connectivity index is 0.00000192. The average Bonchev–Trinajstić information content (AvgIpc) is 2.51. The summed E-state index contributed by atoms with van der Waals surface area (Å²) < 4.78 is 6.14. The van der Waals surface area contributed by atoms with Crippen LogP contribution in [0.4, 0.5) is 0 Å². The van der Waals surface area contributed by atoms with E-state index in [0.29, 0.717) is 0 Å². The maximum Gasteiger partial charge on any atom is 0.0967 e. The molecule has 0 bridgehead atoms. The van der Waals surface area contributed by atoms with Crippen molar-refractivity contribution in [1.29, 1.82) is 0 Å². The molecule has 3 nitrogen and oxygen atoms in total. The van der Waals surface area contributed by atoms with E-state index in [4.69, 9.17) is 16.3 Å². The minimum Gasteiger partial charge on any atom is -0.370 e. The molecule has 0 spiro atoms. The highest BCUT2D eigenvalue weighted by atomic mass is 35.5. The van der Waals surface area contributed by atoms with Gasteiger partial charge in [0.25, 0.3) is 0 Å². The number of hydrogen-bond donors (Lipinski definition) is 1. The highest BCUT2D eigenvalue weighted by Crippen LogP contribution is 2.34. The summed E-state index contributed by atoms with van der Waals surface area (Å²) in [5.41, 5.74) is 1.21. The topological polar surface area (TPSA) is 24.5 Å². The van der Waals surface area contributed by atoms with Crippen molar-refractivity contribution in [3.05, 3.63) is 34.9 Å². The fraction of sp³-hybridized carbons (Fsp3) is 0.667. The molecule has 2 atom stereocenters. The lowest BCUT2D eigenvalue weighted by Gasteiger charge is -2.47. The van der Waals surface area contributed by atoms with Gasteiger partial charge in [-0.05, 0) is 51.8 Å². The van der Waals surface area contributed by atoms with Gasteiger partial charge >= 0.3 is 0 Å². The summed E-state index contributed by atoms with van der Waals surface area (Å²) in [6.07, 6.45) is 2.71. The van der Waals surface area contributed by atoms with E-state index in [2.05, 4.69) is 30.1 Å². The smallest absolute Gasteiger partial charge is 0.0967 e. The highest BCUT2D eigenvalue weighted by molar-refractivity contribution is 6.31. The number of hydrogen-bond acceptors (Lipinski definition) is 3. The van der Waals surface area contributed by atoms with E-state index >= 15 is 0 Å². The molecule has 3 rings (SSSR count). The zero-order valence-corrected chi connectivity index (χ0v) is 15.6. The van der Waals surface area contributed by atoms with Gasteiger partial charge < -0.3 is 10.1 Å². The van der Waals surface area contributed by atoms with E-state index in [1.165, 1.54) is 19.4 Å². The van der Waals surface area contributed by atoms with E-state index < -0.39 is 0 Å². The summed E-state index contributed by atoms with van der Waals surface area (Å²) in [6, 6.07) is 8.06. The number of nitrogens with zero attached hydrogens (tertiary/aromatic N) is 1. The third-order valence-corrected chi connectivity index (χ3v) is 5.35. The van der Waals surface area contributed by atoms with Crippen LogP contribution in [0.25, 0.3) is 0 Å². The molecule has 130 valence electrons. The zero-order valence-electron chi connectivity index (χ0n) is 14.1. The SMILES string of the molecule is CC1(C)COC(c2ccccc2Cl)CN1CC1CCCNC1.Cl. The standard InChI is InChI=1S/C18H27ClN2O.ClH/c1-18(2)13-22-17(15-7-3-4-8-16(15)19)12-21(18)11-14-6-5-9-20-10-14;/h3-4,7-8,14,17,20H,5-6,9-13H2,1-2H3;1H. The molecule has 5 heteroatoms. The molecule has 0 aromatic heterocycles. The molecule has 0 amide bonds. The minimum absolute atomic E-state index is 0. The van der Waals surface area contributed by atoms with Crippen LogP contribution < -0.4 is 5.32 Å². The molecule has 2 unspecified atom stereocenters. The summed E-state index contributed by atoms with van der Waals surface area (Å²) in [7, 11) is 0. The van der Waals surface area contributed by atoms with Gasteiger partial charge in [0.1, 0.15) is 0 Å². The van der Waals surface area contributed by atoms with Gasteiger partial charge in [-0.25, -0.2) is 0 Å². The molecule has 23 heavy (non-hydrogen) atoms.